The summed E-state index contributed by atoms with van der Waals surface area (Å²) in [5.74, 6) is 0. The number of anilines is 3. The van der Waals surface area contributed by atoms with Crippen LogP contribution in [-0.2, 0) is 16.2 Å². The number of hydrogen-bond donors (Lipinski definition) is 0. The molecule has 0 amide bonds. The van der Waals surface area contributed by atoms with E-state index in [-0.39, 0.29) is 0 Å². The first-order chi connectivity index (χ1) is 41.2. The molecule has 3 aliphatic carbocycles. The van der Waals surface area contributed by atoms with Gasteiger partial charge in [0.25, 0.3) is 0 Å². The van der Waals surface area contributed by atoms with Crippen LogP contribution in [0.1, 0.15) is 66.8 Å². The second kappa shape index (κ2) is 17.2. The van der Waals surface area contributed by atoms with E-state index in [4.69, 9.17) is 0 Å². The van der Waals surface area contributed by atoms with Gasteiger partial charge in [0.05, 0.1) is 50.0 Å². The van der Waals surface area contributed by atoms with Crippen molar-refractivity contribution >= 4 is 38.9 Å². The average molecular weight is 1050 g/mol. The van der Waals surface area contributed by atoms with Crippen LogP contribution >= 0.6 is 0 Å². The van der Waals surface area contributed by atoms with E-state index >= 15 is 0 Å². The van der Waals surface area contributed by atoms with E-state index in [1.54, 1.807) is 0 Å². The Labute approximate surface area is 483 Å². The van der Waals surface area contributed by atoms with Crippen LogP contribution in [-0.4, -0.2) is 4.57 Å². The molecule has 0 N–H and O–H groups in total. The van der Waals surface area contributed by atoms with E-state index in [1.807, 2.05) is 0 Å². The SMILES string of the molecule is c1ccc(C2(c3ccccc3)c3ccccc3-c3c(N(c4cccc5c4-c4ccccc4C5(c4ccccc4)c4ccccc4)c4cccc5c4-c4ccccc4C54c5ccccc5-n5c6ccccc6c6cccc4c65)cccc32)cc1. The molecule has 2 heterocycles. The number of hydrogen-bond acceptors (Lipinski definition) is 1. The fourth-order valence-corrected chi connectivity index (χ4v) is 16.5. The molecular weight excluding hydrogens is 1000 g/mol. The Balaban J connectivity index is 1.01. The molecule has 1 aliphatic heterocycles. The van der Waals surface area contributed by atoms with Crippen molar-refractivity contribution in [3.63, 3.8) is 0 Å². The highest BCUT2D eigenvalue weighted by atomic mass is 15.2. The summed E-state index contributed by atoms with van der Waals surface area (Å²) < 4.78 is 2.55. The Kier molecular flexibility index (Phi) is 9.60. The number of aromatic nitrogens is 1. The zero-order valence-corrected chi connectivity index (χ0v) is 45.4. The lowest BCUT2D eigenvalue weighted by atomic mass is 9.65. The maximum absolute atomic E-state index is 2.70. The Morgan fingerprint density at radius 3 is 1.02 bits per heavy atom. The van der Waals surface area contributed by atoms with Gasteiger partial charge in [0.15, 0.2) is 0 Å². The van der Waals surface area contributed by atoms with E-state index in [9.17, 15) is 0 Å². The molecule has 4 aliphatic rings. The van der Waals surface area contributed by atoms with E-state index in [0.717, 1.165) is 17.1 Å². The molecule has 1 aromatic heterocycles. The topological polar surface area (TPSA) is 8.17 Å². The molecule has 0 radical (unpaired) electrons. The average Bonchev–Trinajstić information content (AvgIpc) is 2.37. The summed E-state index contributed by atoms with van der Waals surface area (Å²) in [4.78, 5) is 2.70. The van der Waals surface area contributed by atoms with Gasteiger partial charge in [-0.25, -0.2) is 0 Å². The molecule has 0 saturated carbocycles. The molecule has 13 aromatic carbocycles. The van der Waals surface area contributed by atoms with Crippen molar-refractivity contribution in [3.05, 3.63) is 382 Å². The lowest BCUT2D eigenvalue weighted by Crippen LogP contribution is -2.33. The highest BCUT2D eigenvalue weighted by molar-refractivity contribution is 6.14. The van der Waals surface area contributed by atoms with Gasteiger partial charge in [-0.1, -0.05) is 285 Å². The summed E-state index contributed by atoms with van der Waals surface area (Å²) in [6.45, 7) is 0. The molecule has 1 spiro atoms. The number of benzene rings is 13. The third-order valence-corrected chi connectivity index (χ3v) is 19.3. The second-order valence-corrected chi connectivity index (χ2v) is 22.9. The molecule has 1 atom stereocenters. The number of rotatable bonds is 7. The summed E-state index contributed by atoms with van der Waals surface area (Å²) in [7, 11) is 0. The zero-order valence-electron chi connectivity index (χ0n) is 45.4. The van der Waals surface area contributed by atoms with Crippen LogP contribution in [0.4, 0.5) is 17.1 Å². The van der Waals surface area contributed by atoms with E-state index in [2.05, 4.69) is 325 Å². The summed E-state index contributed by atoms with van der Waals surface area (Å²) >= 11 is 0. The lowest BCUT2D eigenvalue weighted by molar-refractivity contribution is 0.748. The predicted octanol–water partition coefficient (Wildman–Crippen LogP) is 19.7. The highest BCUT2D eigenvalue weighted by Gasteiger charge is 2.54. The van der Waals surface area contributed by atoms with Crippen molar-refractivity contribution in [2.24, 2.45) is 0 Å². The van der Waals surface area contributed by atoms with Gasteiger partial charge in [-0.15, -0.1) is 0 Å². The largest absolute Gasteiger partial charge is 0.309 e. The molecule has 386 valence electrons. The summed E-state index contributed by atoms with van der Waals surface area (Å²) in [6, 6.07) is 119. The van der Waals surface area contributed by atoms with Gasteiger partial charge in [0, 0.05) is 27.5 Å². The van der Waals surface area contributed by atoms with Gasteiger partial charge < -0.3 is 9.47 Å². The summed E-state index contributed by atoms with van der Waals surface area (Å²) in [5.41, 5.74) is 27.8. The van der Waals surface area contributed by atoms with Crippen molar-refractivity contribution < 1.29 is 0 Å². The van der Waals surface area contributed by atoms with Crippen molar-refractivity contribution in [2.45, 2.75) is 16.2 Å². The van der Waals surface area contributed by atoms with E-state index < -0.39 is 16.2 Å². The number of fused-ring (bicyclic) bond motifs is 18. The van der Waals surface area contributed by atoms with Crippen molar-refractivity contribution in [2.75, 3.05) is 4.90 Å². The van der Waals surface area contributed by atoms with Gasteiger partial charge in [0.2, 0.25) is 0 Å². The molecule has 1 unspecified atom stereocenters. The minimum atomic E-state index is -0.657. The lowest BCUT2D eigenvalue weighted by Gasteiger charge is -2.40. The van der Waals surface area contributed by atoms with Crippen LogP contribution < -0.4 is 4.90 Å². The maximum Gasteiger partial charge on any atom is 0.0755 e. The fourth-order valence-electron chi connectivity index (χ4n) is 16.5. The van der Waals surface area contributed by atoms with Crippen molar-refractivity contribution in [1.82, 2.24) is 4.57 Å². The molecule has 0 bridgehead atoms. The first-order valence-electron chi connectivity index (χ1n) is 29.1. The Morgan fingerprint density at radius 2 is 0.554 bits per heavy atom. The van der Waals surface area contributed by atoms with Crippen LogP contribution in [0.5, 0.6) is 0 Å². The highest BCUT2D eigenvalue weighted by Crippen LogP contribution is 2.67. The third kappa shape index (κ3) is 5.77. The molecule has 0 fully saturated rings. The maximum atomic E-state index is 2.70. The molecule has 0 saturated heterocycles. The molecule has 83 heavy (non-hydrogen) atoms. The first-order valence-corrected chi connectivity index (χ1v) is 29.1. The van der Waals surface area contributed by atoms with Crippen LogP contribution in [0, 0.1) is 0 Å². The van der Waals surface area contributed by atoms with Crippen LogP contribution in [0.25, 0.3) is 60.9 Å². The smallest absolute Gasteiger partial charge is 0.0755 e. The normalized spacial score (nSPS) is 15.7. The molecule has 2 nitrogen and oxygen atoms in total. The first kappa shape index (κ1) is 46.2. The molecular formula is C81H52N2. The Morgan fingerprint density at radius 1 is 0.229 bits per heavy atom. The number of para-hydroxylation sites is 3. The standard InChI is InChI=1S/C81H52N2/c1-5-27-53(28-6-1)79(54-29-7-2-8-30-54)62-40-17-13-36-59(62)75-66(79)44-24-50-72(75)82(73-51-25-45-67-76(73)60-37-14-18-41-63(60)80(67,55-31-9-3-10-32-55)56-33-11-4-12-34-56)74-52-26-46-68-77(74)61-38-15-19-42-64(61)81(68)65-43-20-22-49-71(65)83-70-48-21-16-35-57(70)58-39-23-47-69(81)78(58)83/h1-52H. The Hall–Kier alpha value is -10.5. The summed E-state index contributed by atoms with van der Waals surface area (Å²) in [6.07, 6.45) is 0. The van der Waals surface area contributed by atoms with E-state index in [1.165, 1.54) is 128 Å². The van der Waals surface area contributed by atoms with Crippen LogP contribution in [0.15, 0.2) is 315 Å². The fraction of sp³-hybridized carbons (Fsp3) is 0.0370. The third-order valence-electron chi connectivity index (χ3n) is 19.3. The second-order valence-electron chi connectivity index (χ2n) is 22.9. The molecule has 18 rings (SSSR count). The van der Waals surface area contributed by atoms with Crippen LogP contribution in [0.2, 0.25) is 0 Å². The van der Waals surface area contributed by atoms with Gasteiger partial charge >= 0.3 is 0 Å². The molecule has 2 heteroatoms. The van der Waals surface area contributed by atoms with Crippen molar-refractivity contribution in [1.29, 1.82) is 0 Å². The van der Waals surface area contributed by atoms with Crippen LogP contribution in [0.3, 0.4) is 0 Å². The zero-order chi connectivity index (χ0) is 54.4. The molecule has 14 aromatic rings. The Bertz CT molecular complexity index is 4720. The van der Waals surface area contributed by atoms with E-state index in [0.29, 0.717) is 0 Å². The predicted molar refractivity (Wildman–Crippen MR) is 341 cm³/mol. The van der Waals surface area contributed by atoms with Crippen molar-refractivity contribution in [3.8, 4) is 39.1 Å². The minimum absolute atomic E-state index is 0.616. The van der Waals surface area contributed by atoms with Gasteiger partial charge in [-0.2, -0.15) is 0 Å². The van der Waals surface area contributed by atoms with Gasteiger partial charge in [0.1, 0.15) is 0 Å². The quantitative estimate of drug-likeness (QED) is 0.154. The number of nitrogens with zero attached hydrogens (tertiary/aromatic N) is 2. The minimum Gasteiger partial charge on any atom is -0.309 e. The van der Waals surface area contributed by atoms with Gasteiger partial charge in [-0.05, 0) is 114 Å². The monoisotopic (exact) mass is 1050 g/mol. The van der Waals surface area contributed by atoms with Gasteiger partial charge in [-0.3, -0.25) is 0 Å². The summed E-state index contributed by atoms with van der Waals surface area (Å²) in [5, 5.41) is 2.54.